The summed E-state index contributed by atoms with van der Waals surface area (Å²) >= 11 is 0. The highest BCUT2D eigenvalue weighted by molar-refractivity contribution is 5.70. The van der Waals surface area contributed by atoms with Crippen LogP contribution in [0.25, 0.3) is 0 Å². The number of hydrogen-bond donors (Lipinski definition) is 2. The molecule has 1 saturated carbocycles. The molecule has 0 aromatic carbocycles. The van der Waals surface area contributed by atoms with Crippen LogP contribution in [-0.4, -0.2) is 21.8 Å². The average Bonchev–Trinajstić information content (AvgIpc) is 1.86. The third-order valence-electron chi connectivity index (χ3n) is 2.41. The van der Waals surface area contributed by atoms with E-state index in [4.69, 9.17) is 5.11 Å². The Morgan fingerprint density at radius 2 is 1.91 bits per heavy atom. The predicted octanol–water partition coefficient (Wildman–Crippen LogP) is 1.01. The highest BCUT2D eigenvalue weighted by Crippen LogP contribution is 2.31. The molecular formula is C8H14O3. The number of rotatable bonds is 1. The second kappa shape index (κ2) is 2.81. The third kappa shape index (κ3) is 2.19. The lowest BCUT2D eigenvalue weighted by atomic mass is 9.80. The first-order valence-corrected chi connectivity index (χ1v) is 3.96. The molecule has 0 spiro atoms. The quantitative estimate of drug-likeness (QED) is 0.598. The molecule has 0 heterocycles. The summed E-state index contributed by atoms with van der Waals surface area (Å²) in [6.07, 6.45) is 2.46. The highest BCUT2D eigenvalue weighted by atomic mass is 16.4. The van der Waals surface area contributed by atoms with Gasteiger partial charge in [-0.3, -0.25) is 4.79 Å². The lowest BCUT2D eigenvalue weighted by Gasteiger charge is -2.30. The van der Waals surface area contributed by atoms with Crippen LogP contribution in [0.3, 0.4) is 0 Å². The minimum Gasteiger partial charge on any atom is -0.481 e. The molecular weight excluding hydrogens is 144 g/mol. The van der Waals surface area contributed by atoms with Crippen LogP contribution in [0, 0.1) is 5.92 Å². The summed E-state index contributed by atoms with van der Waals surface area (Å²) in [5, 5.41) is 18.1. The average molecular weight is 158 g/mol. The van der Waals surface area contributed by atoms with Gasteiger partial charge in [-0.15, -0.1) is 0 Å². The highest BCUT2D eigenvalue weighted by Gasteiger charge is 2.31. The van der Waals surface area contributed by atoms with Crippen molar-refractivity contribution in [2.75, 3.05) is 0 Å². The number of carboxylic acids is 1. The smallest absolute Gasteiger partial charge is 0.306 e. The van der Waals surface area contributed by atoms with Crippen LogP contribution in [-0.2, 0) is 4.79 Å². The molecule has 0 radical (unpaired) electrons. The molecule has 0 aromatic rings. The van der Waals surface area contributed by atoms with Crippen molar-refractivity contribution in [2.45, 2.75) is 38.2 Å². The standard InChI is InChI=1S/C8H14O3/c1-8(11)4-2-6(3-5-8)7(9)10/h6,11H,2-5H2,1H3,(H,9,10)/t6-,8+. The second-order valence-electron chi connectivity index (χ2n) is 3.61. The van der Waals surface area contributed by atoms with E-state index in [1.54, 1.807) is 6.92 Å². The topological polar surface area (TPSA) is 57.5 Å². The van der Waals surface area contributed by atoms with Gasteiger partial charge in [0.25, 0.3) is 0 Å². The summed E-state index contributed by atoms with van der Waals surface area (Å²) in [6, 6.07) is 0. The minimum absolute atomic E-state index is 0.227. The van der Waals surface area contributed by atoms with E-state index in [0.717, 1.165) is 0 Å². The van der Waals surface area contributed by atoms with Crippen molar-refractivity contribution < 1.29 is 15.0 Å². The van der Waals surface area contributed by atoms with Gasteiger partial charge >= 0.3 is 5.97 Å². The summed E-state index contributed by atoms with van der Waals surface area (Å²) in [5.74, 6) is -0.948. The van der Waals surface area contributed by atoms with Gasteiger partial charge in [-0.2, -0.15) is 0 Å². The maximum absolute atomic E-state index is 10.5. The molecule has 0 saturated heterocycles. The van der Waals surface area contributed by atoms with Gasteiger partial charge in [-0.05, 0) is 32.6 Å². The normalized spacial score (nSPS) is 38.5. The Kier molecular flexibility index (Phi) is 2.18. The van der Waals surface area contributed by atoms with Crippen molar-refractivity contribution in [2.24, 2.45) is 5.92 Å². The van der Waals surface area contributed by atoms with Gasteiger partial charge in [0.15, 0.2) is 0 Å². The fourth-order valence-corrected chi connectivity index (χ4v) is 1.49. The Balaban J connectivity index is 2.42. The molecule has 0 aliphatic heterocycles. The van der Waals surface area contributed by atoms with E-state index in [9.17, 15) is 9.90 Å². The number of carboxylic acid groups (broad SMARTS) is 1. The fourth-order valence-electron chi connectivity index (χ4n) is 1.49. The Morgan fingerprint density at radius 1 is 1.45 bits per heavy atom. The van der Waals surface area contributed by atoms with E-state index in [2.05, 4.69) is 0 Å². The van der Waals surface area contributed by atoms with Crippen molar-refractivity contribution in [1.29, 1.82) is 0 Å². The van der Waals surface area contributed by atoms with Crippen molar-refractivity contribution in [1.82, 2.24) is 0 Å². The molecule has 3 heteroatoms. The molecule has 0 unspecified atom stereocenters. The van der Waals surface area contributed by atoms with Crippen molar-refractivity contribution in [3.63, 3.8) is 0 Å². The van der Waals surface area contributed by atoms with Crippen LogP contribution in [0.15, 0.2) is 0 Å². The number of aliphatic carboxylic acids is 1. The van der Waals surface area contributed by atoms with Crippen LogP contribution >= 0.6 is 0 Å². The zero-order chi connectivity index (χ0) is 8.48. The van der Waals surface area contributed by atoms with Crippen molar-refractivity contribution >= 4 is 5.97 Å². The van der Waals surface area contributed by atoms with Crippen LogP contribution in [0.5, 0.6) is 0 Å². The summed E-state index contributed by atoms with van der Waals surface area (Å²) in [5.41, 5.74) is -0.619. The van der Waals surface area contributed by atoms with Crippen LogP contribution < -0.4 is 0 Å². The summed E-state index contributed by atoms with van der Waals surface area (Å²) < 4.78 is 0. The Bertz CT molecular complexity index is 153. The van der Waals surface area contributed by atoms with E-state index in [0.29, 0.717) is 25.7 Å². The summed E-state index contributed by atoms with van der Waals surface area (Å²) in [7, 11) is 0. The van der Waals surface area contributed by atoms with Gasteiger partial charge in [0.2, 0.25) is 0 Å². The van der Waals surface area contributed by atoms with Crippen molar-refractivity contribution in [3.8, 4) is 0 Å². The first-order valence-electron chi connectivity index (χ1n) is 3.96. The van der Waals surface area contributed by atoms with Crippen molar-refractivity contribution in [3.05, 3.63) is 0 Å². The molecule has 1 fully saturated rings. The van der Waals surface area contributed by atoms with Gasteiger partial charge in [0.1, 0.15) is 0 Å². The maximum atomic E-state index is 10.5. The number of hydrogen-bond acceptors (Lipinski definition) is 2. The Morgan fingerprint density at radius 3 is 2.27 bits per heavy atom. The van der Waals surface area contributed by atoms with Gasteiger partial charge in [-0.1, -0.05) is 0 Å². The van der Waals surface area contributed by atoms with E-state index in [1.165, 1.54) is 0 Å². The fraction of sp³-hybridized carbons (Fsp3) is 0.875. The lowest BCUT2D eigenvalue weighted by molar-refractivity contribution is -0.144. The van der Waals surface area contributed by atoms with E-state index >= 15 is 0 Å². The second-order valence-corrected chi connectivity index (χ2v) is 3.61. The summed E-state index contributed by atoms with van der Waals surface area (Å²) in [4.78, 5) is 10.5. The molecule has 0 atom stereocenters. The monoisotopic (exact) mass is 158 g/mol. The van der Waals surface area contributed by atoms with E-state index in [-0.39, 0.29) is 5.92 Å². The Labute approximate surface area is 66.0 Å². The molecule has 0 amide bonds. The zero-order valence-corrected chi connectivity index (χ0v) is 6.71. The van der Waals surface area contributed by atoms with Crippen LogP contribution in [0.4, 0.5) is 0 Å². The van der Waals surface area contributed by atoms with Gasteiger partial charge in [-0.25, -0.2) is 0 Å². The molecule has 11 heavy (non-hydrogen) atoms. The first-order chi connectivity index (χ1) is 5.01. The number of carbonyl (C=O) groups is 1. The van der Waals surface area contributed by atoms with Crippen LogP contribution in [0.1, 0.15) is 32.6 Å². The predicted molar refractivity (Wildman–Crippen MR) is 40.2 cm³/mol. The van der Waals surface area contributed by atoms with Gasteiger partial charge in [0.05, 0.1) is 11.5 Å². The minimum atomic E-state index is -0.722. The van der Waals surface area contributed by atoms with E-state index in [1.807, 2.05) is 0 Å². The molecule has 64 valence electrons. The van der Waals surface area contributed by atoms with Gasteiger partial charge < -0.3 is 10.2 Å². The first kappa shape index (κ1) is 8.53. The van der Waals surface area contributed by atoms with Crippen LogP contribution in [0.2, 0.25) is 0 Å². The molecule has 0 bridgehead atoms. The molecule has 1 rings (SSSR count). The largest absolute Gasteiger partial charge is 0.481 e. The zero-order valence-electron chi connectivity index (χ0n) is 6.71. The Hall–Kier alpha value is -0.570. The molecule has 1 aliphatic carbocycles. The maximum Gasteiger partial charge on any atom is 0.306 e. The SMILES string of the molecule is C[C@]1(O)CC[C@@H](C(=O)O)CC1. The van der Waals surface area contributed by atoms with E-state index < -0.39 is 11.6 Å². The molecule has 0 aromatic heterocycles. The molecule has 1 aliphatic rings. The van der Waals surface area contributed by atoms with Gasteiger partial charge in [0, 0.05) is 0 Å². The lowest BCUT2D eigenvalue weighted by Crippen LogP contribution is -2.32. The molecule has 3 nitrogen and oxygen atoms in total. The molecule has 2 N–H and O–H groups in total. The third-order valence-corrected chi connectivity index (χ3v) is 2.41. The number of aliphatic hydroxyl groups is 1. The summed E-state index contributed by atoms with van der Waals surface area (Å²) in [6.45, 7) is 1.77.